The highest BCUT2D eigenvalue weighted by molar-refractivity contribution is 9.10. The van der Waals surface area contributed by atoms with E-state index in [1.807, 2.05) is 19.1 Å². The molecule has 2 rings (SSSR count). The van der Waals surface area contributed by atoms with Crippen LogP contribution in [0.15, 0.2) is 22.7 Å². The molecule has 2 aromatic rings. The Morgan fingerprint density at radius 3 is 3.00 bits per heavy atom. The van der Waals surface area contributed by atoms with Gasteiger partial charge in [0.1, 0.15) is 5.75 Å². The average Bonchev–Trinajstić information content (AvgIpc) is 2.52. The summed E-state index contributed by atoms with van der Waals surface area (Å²) >= 11 is 4.54. The summed E-state index contributed by atoms with van der Waals surface area (Å²) in [5, 5.41) is 0.733. The Kier molecular flexibility index (Phi) is 2.74. The van der Waals surface area contributed by atoms with Crippen molar-refractivity contribution in [1.29, 1.82) is 0 Å². The molecule has 1 heterocycles. The maximum atomic E-state index is 13.0. The maximum Gasteiger partial charge on any atom is 0.177 e. The number of benzene rings is 1. The van der Waals surface area contributed by atoms with Crippen molar-refractivity contribution < 1.29 is 9.13 Å². The van der Waals surface area contributed by atoms with Gasteiger partial charge in [-0.05, 0) is 46.4 Å². The maximum absolute atomic E-state index is 13.0. The van der Waals surface area contributed by atoms with Gasteiger partial charge in [-0.3, -0.25) is 0 Å². The van der Waals surface area contributed by atoms with Crippen molar-refractivity contribution in [3.8, 4) is 5.75 Å². The van der Waals surface area contributed by atoms with Gasteiger partial charge in [-0.2, -0.15) is 4.39 Å². The van der Waals surface area contributed by atoms with E-state index in [2.05, 4.69) is 15.9 Å². The number of halogens is 2. The lowest BCUT2D eigenvalue weighted by Gasteiger charge is -2.05. The van der Waals surface area contributed by atoms with Crippen molar-refractivity contribution in [3.05, 3.63) is 27.8 Å². The van der Waals surface area contributed by atoms with E-state index in [9.17, 15) is 4.39 Å². The van der Waals surface area contributed by atoms with E-state index >= 15 is 0 Å². The third-order valence-electron chi connectivity index (χ3n) is 1.86. The van der Waals surface area contributed by atoms with Crippen molar-refractivity contribution in [2.45, 2.75) is 6.92 Å². The van der Waals surface area contributed by atoms with E-state index in [0.29, 0.717) is 6.61 Å². The van der Waals surface area contributed by atoms with Crippen LogP contribution in [-0.4, -0.2) is 6.61 Å². The number of thiophene rings is 1. The van der Waals surface area contributed by atoms with Crippen LogP contribution < -0.4 is 4.74 Å². The zero-order valence-corrected chi connectivity index (χ0v) is 9.91. The molecule has 1 aromatic carbocycles. The number of rotatable bonds is 2. The van der Waals surface area contributed by atoms with Gasteiger partial charge in [0.25, 0.3) is 0 Å². The van der Waals surface area contributed by atoms with E-state index in [0.717, 1.165) is 31.6 Å². The second-order valence-electron chi connectivity index (χ2n) is 2.78. The molecule has 1 nitrogen and oxygen atoms in total. The van der Waals surface area contributed by atoms with E-state index in [-0.39, 0.29) is 5.13 Å². The first-order valence-corrected chi connectivity index (χ1v) is 5.83. The predicted octanol–water partition coefficient (Wildman–Crippen LogP) is 4.20. The summed E-state index contributed by atoms with van der Waals surface area (Å²) < 4.78 is 20.1. The fraction of sp³-hybridized carbons (Fsp3) is 0.200. The Hall–Kier alpha value is -0.610. The van der Waals surface area contributed by atoms with Gasteiger partial charge in [-0.1, -0.05) is 0 Å². The fourth-order valence-electron chi connectivity index (χ4n) is 1.29. The van der Waals surface area contributed by atoms with Gasteiger partial charge in [0, 0.05) is 0 Å². The van der Waals surface area contributed by atoms with Gasteiger partial charge in [0.05, 0.1) is 15.8 Å². The number of hydrogen-bond donors (Lipinski definition) is 0. The Morgan fingerprint density at radius 2 is 2.29 bits per heavy atom. The van der Waals surface area contributed by atoms with Crippen LogP contribution >= 0.6 is 27.3 Å². The molecule has 0 radical (unpaired) electrons. The molecule has 0 atom stereocenters. The highest BCUT2D eigenvalue weighted by Gasteiger charge is 2.09. The van der Waals surface area contributed by atoms with E-state index in [4.69, 9.17) is 4.74 Å². The minimum absolute atomic E-state index is 0.172. The molecule has 0 amide bonds. The molecule has 0 fully saturated rings. The third kappa shape index (κ3) is 1.64. The standard InChI is InChI=1S/C10H8BrFOS/c1-2-13-7-4-3-6-5-8(12)14-10(6)9(7)11/h3-5H,2H2,1H3. The summed E-state index contributed by atoms with van der Waals surface area (Å²) in [6.07, 6.45) is 0. The second-order valence-corrected chi connectivity index (χ2v) is 4.57. The monoisotopic (exact) mass is 274 g/mol. The second kappa shape index (κ2) is 3.87. The van der Waals surface area contributed by atoms with Crippen LogP contribution in [-0.2, 0) is 0 Å². The molecule has 74 valence electrons. The minimum Gasteiger partial charge on any atom is -0.493 e. The van der Waals surface area contributed by atoms with Gasteiger partial charge in [0.15, 0.2) is 5.13 Å². The van der Waals surface area contributed by atoms with Crippen molar-refractivity contribution >= 4 is 37.4 Å². The lowest BCUT2D eigenvalue weighted by molar-refractivity contribution is 0.339. The normalized spacial score (nSPS) is 10.8. The zero-order valence-electron chi connectivity index (χ0n) is 7.51. The van der Waals surface area contributed by atoms with E-state index < -0.39 is 0 Å². The first kappa shape index (κ1) is 9.93. The molecule has 14 heavy (non-hydrogen) atoms. The molecule has 0 N–H and O–H groups in total. The number of hydrogen-bond acceptors (Lipinski definition) is 2. The summed E-state index contributed by atoms with van der Waals surface area (Å²) in [6, 6.07) is 5.24. The molecule has 0 saturated carbocycles. The van der Waals surface area contributed by atoms with Crippen LogP contribution in [0.5, 0.6) is 5.75 Å². The summed E-state index contributed by atoms with van der Waals surface area (Å²) in [5.74, 6) is 0.766. The highest BCUT2D eigenvalue weighted by atomic mass is 79.9. The topological polar surface area (TPSA) is 9.23 Å². The molecule has 1 aromatic heterocycles. The minimum atomic E-state index is -0.172. The smallest absolute Gasteiger partial charge is 0.177 e. The molecular formula is C10H8BrFOS. The summed E-state index contributed by atoms with van der Waals surface area (Å²) in [6.45, 7) is 2.53. The zero-order chi connectivity index (χ0) is 10.1. The molecular weight excluding hydrogens is 267 g/mol. The Labute approximate surface area is 93.6 Å². The van der Waals surface area contributed by atoms with Crippen LogP contribution in [0.25, 0.3) is 10.1 Å². The quantitative estimate of drug-likeness (QED) is 0.798. The van der Waals surface area contributed by atoms with Crippen LogP contribution in [0.2, 0.25) is 0 Å². The van der Waals surface area contributed by atoms with Crippen molar-refractivity contribution in [1.82, 2.24) is 0 Å². The van der Waals surface area contributed by atoms with Gasteiger partial charge in [0.2, 0.25) is 0 Å². The summed E-state index contributed by atoms with van der Waals surface area (Å²) in [7, 11) is 0. The van der Waals surface area contributed by atoms with E-state index in [1.165, 1.54) is 6.07 Å². The summed E-state index contributed by atoms with van der Waals surface area (Å²) in [5.41, 5.74) is 0. The van der Waals surface area contributed by atoms with Crippen molar-refractivity contribution in [2.75, 3.05) is 6.61 Å². The molecule has 0 bridgehead atoms. The lowest BCUT2D eigenvalue weighted by Crippen LogP contribution is -1.91. The molecule has 0 saturated heterocycles. The highest BCUT2D eigenvalue weighted by Crippen LogP contribution is 2.37. The van der Waals surface area contributed by atoms with Crippen LogP contribution in [0.3, 0.4) is 0 Å². The Morgan fingerprint density at radius 1 is 1.50 bits per heavy atom. The first-order valence-electron chi connectivity index (χ1n) is 4.22. The third-order valence-corrected chi connectivity index (χ3v) is 3.87. The van der Waals surface area contributed by atoms with Crippen molar-refractivity contribution in [3.63, 3.8) is 0 Å². The van der Waals surface area contributed by atoms with Crippen LogP contribution in [0.1, 0.15) is 6.92 Å². The molecule has 0 aliphatic rings. The Bertz CT molecular complexity index is 466. The SMILES string of the molecule is CCOc1ccc2cc(F)sc2c1Br. The largest absolute Gasteiger partial charge is 0.493 e. The predicted molar refractivity (Wildman–Crippen MR) is 60.7 cm³/mol. The van der Waals surface area contributed by atoms with Gasteiger partial charge in [-0.25, -0.2) is 0 Å². The molecule has 0 aliphatic carbocycles. The fourth-order valence-corrected chi connectivity index (χ4v) is 2.82. The van der Waals surface area contributed by atoms with Gasteiger partial charge in [-0.15, -0.1) is 11.3 Å². The van der Waals surface area contributed by atoms with Crippen LogP contribution in [0, 0.1) is 5.13 Å². The first-order chi connectivity index (χ1) is 6.72. The number of ether oxygens (including phenoxy) is 1. The lowest BCUT2D eigenvalue weighted by atomic mass is 10.2. The summed E-state index contributed by atoms with van der Waals surface area (Å²) in [4.78, 5) is 0. The van der Waals surface area contributed by atoms with Crippen molar-refractivity contribution in [2.24, 2.45) is 0 Å². The molecule has 0 spiro atoms. The van der Waals surface area contributed by atoms with Gasteiger partial charge >= 0.3 is 0 Å². The molecule has 0 unspecified atom stereocenters. The van der Waals surface area contributed by atoms with Gasteiger partial charge < -0.3 is 4.74 Å². The molecule has 0 aliphatic heterocycles. The average molecular weight is 275 g/mol. The Balaban J connectivity index is 2.61. The molecule has 4 heteroatoms. The van der Waals surface area contributed by atoms with Crippen LogP contribution in [0.4, 0.5) is 4.39 Å². The van der Waals surface area contributed by atoms with E-state index in [1.54, 1.807) is 0 Å². The number of fused-ring (bicyclic) bond motifs is 1.